The second-order valence-corrected chi connectivity index (χ2v) is 7.90. The van der Waals surface area contributed by atoms with Crippen molar-refractivity contribution in [3.63, 3.8) is 0 Å². The third kappa shape index (κ3) is 3.28. The van der Waals surface area contributed by atoms with Gasteiger partial charge in [0.1, 0.15) is 11.9 Å². The molecule has 0 saturated carbocycles. The third-order valence-corrected chi connectivity index (χ3v) is 6.16. The average Bonchev–Trinajstić information content (AvgIpc) is 3.23. The number of aliphatic hydroxyl groups is 2. The first-order chi connectivity index (χ1) is 12.1. The summed E-state index contributed by atoms with van der Waals surface area (Å²) in [6, 6.07) is 7.25. The monoisotopic (exact) mass is 376 g/mol. The number of carbonyl (C=O) groups excluding carboxylic acids is 1. The number of thiazole rings is 1. The van der Waals surface area contributed by atoms with Crippen LogP contribution in [-0.4, -0.2) is 42.9 Å². The molecule has 0 bridgehead atoms. The highest BCUT2D eigenvalue weighted by Crippen LogP contribution is 2.32. The molecule has 0 fully saturated rings. The van der Waals surface area contributed by atoms with E-state index in [-0.39, 0.29) is 5.82 Å². The van der Waals surface area contributed by atoms with Crippen molar-refractivity contribution >= 4 is 45.2 Å². The number of carbonyl (C=O) groups is 1. The first-order valence-electron chi connectivity index (χ1n) is 7.80. The minimum atomic E-state index is -1.64. The number of rotatable bonds is 4. The van der Waals surface area contributed by atoms with Gasteiger partial charge in [-0.2, -0.15) is 11.8 Å². The Labute approximate surface area is 151 Å². The Morgan fingerprint density at radius 3 is 2.92 bits per heavy atom. The number of anilines is 1. The van der Waals surface area contributed by atoms with Crippen molar-refractivity contribution in [1.82, 2.24) is 15.0 Å². The van der Waals surface area contributed by atoms with Crippen LogP contribution in [0.5, 0.6) is 0 Å². The number of hydrogen-bond donors (Lipinski definition) is 4. The fourth-order valence-corrected chi connectivity index (χ4v) is 4.79. The van der Waals surface area contributed by atoms with Gasteiger partial charge in [0.05, 0.1) is 16.7 Å². The number of H-pyrrole nitrogens is 1. The summed E-state index contributed by atoms with van der Waals surface area (Å²) in [5.41, 5.74) is 2.40. The van der Waals surface area contributed by atoms with Crippen LogP contribution in [0.15, 0.2) is 24.3 Å². The summed E-state index contributed by atoms with van der Waals surface area (Å²) in [7, 11) is 0. The highest BCUT2D eigenvalue weighted by atomic mass is 32.2. The molecule has 0 radical (unpaired) electrons. The molecule has 3 heterocycles. The van der Waals surface area contributed by atoms with E-state index in [1.54, 1.807) is 6.07 Å². The lowest BCUT2D eigenvalue weighted by atomic mass is 10.2. The summed E-state index contributed by atoms with van der Waals surface area (Å²) < 4.78 is 0. The number of aromatic nitrogens is 3. The van der Waals surface area contributed by atoms with Crippen molar-refractivity contribution in [2.45, 2.75) is 24.4 Å². The number of hydrogen-bond acceptors (Lipinski definition) is 7. The number of imidazole rings is 1. The van der Waals surface area contributed by atoms with Gasteiger partial charge in [-0.3, -0.25) is 10.1 Å². The molecule has 1 aliphatic rings. The second kappa shape index (κ2) is 6.75. The van der Waals surface area contributed by atoms with Crippen molar-refractivity contribution in [2.75, 3.05) is 11.1 Å². The maximum absolute atomic E-state index is 12.3. The van der Waals surface area contributed by atoms with Gasteiger partial charge in [0.15, 0.2) is 11.2 Å². The number of amides is 1. The molecule has 4 N–H and O–H groups in total. The maximum atomic E-state index is 12.3. The van der Waals surface area contributed by atoms with Crippen molar-refractivity contribution in [1.29, 1.82) is 0 Å². The van der Waals surface area contributed by atoms with E-state index in [0.29, 0.717) is 10.6 Å². The molecule has 25 heavy (non-hydrogen) atoms. The van der Waals surface area contributed by atoms with Crippen LogP contribution in [0.1, 0.15) is 22.5 Å². The zero-order valence-electron chi connectivity index (χ0n) is 13.1. The molecule has 2 unspecified atom stereocenters. The standard InChI is InChI=1S/C16H16N4O3S2/c21-12(14-17-8-3-1-2-4-9(8)18-14)13(22)15(23)20-16-19-10-5-6-24-7-11(10)25-16/h1-4,12-13,21-22H,5-7H2,(H,17,18)(H,19,20,23). The number of nitrogens with one attached hydrogen (secondary N) is 2. The van der Waals surface area contributed by atoms with Gasteiger partial charge in [-0.1, -0.05) is 12.1 Å². The number of fused-ring (bicyclic) bond motifs is 2. The summed E-state index contributed by atoms with van der Waals surface area (Å²) in [4.78, 5) is 24.9. The molecular weight excluding hydrogens is 360 g/mol. The third-order valence-electron chi connectivity index (χ3n) is 3.98. The van der Waals surface area contributed by atoms with E-state index in [1.807, 2.05) is 30.0 Å². The number of para-hydroxylation sites is 2. The number of nitrogens with zero attached hydrogens (tertiary/aromatic N) is 2. The van der Waals surface area contributed by atoms with Crippen LogP contribution in [0.3, 0.4) is 0 Å². The fourth-order valence-electron chi connectivity index (χ4n) is 2.66. The van der Waals surface area contributed by atoms with E-state index < -0.39 is 18.1 Å². The number of aromatic amines is 1. The van der Waals surface area contributed by atoms with Crippen molar-refractivity contribution in [3.8, 4) is 0 Å². The molecule has 1 aliphatic heterocycles. The summed E-state index contributed by atoms with van der Waals surface area (Å²) in [6.07, 6.45) is -2.20. The van der Waals surface area contributed by atoms with E-state index in [1.165, 1.54) is 11.3 Å². The molecule has 0 saturated heterocycles. The molecule has 4 rings (SSSR count). The SMILES string of the molecule is O=C(Nc1nc2c(s1)CSCC2)C(O)C(O)c1nc2ccccc2[nH]1. The smallest absolute Gasteiger partial charge is 0.258 e. The largest absolute Gasteiger partial charge is 0.382 e. The quantitative estimate of drug-likeness (QED) is 0.553. The normalized spacial score (nSPS) is 16.4. The number of thioether (sulfide) groups is 1. The Hall–Kier alpha value is -1.94. The van der Waals surface area contributed by atoms with Crippen LogP contribution in [0.25, 0.3) is 11.0 Å². The molecule has 1 aromatic carbocycles. The minimum Gasteiger partial charge on any atom is -0.382 e. The zero-order valence-corrected chi connectivity index (χ0v) is 14.7. The van der Waals surface area contributed by atoms with Gasteiger partial charge in [0, 0.05) is 10.6 Å². The number of aliphatic hydroxyl groups excluding tert-OH is 2. The van der Waals surface area contributed by atoms with Crippen LogP contribution in [0.4, 0.5) is 5.13 Å². The van der Waals surface area contributed by atoms with Crippen LogP contribution in [-0.2, 0) is 17.0 Å². The van der Waals surface area contributed by atoms with Crippen molar-refractivity contribution < 1.29 is 15.0 Å². The van der Waals surface area contributed by atoms with Gasteiger partial charge < -0.3 is 15.2 Å². The Morgan fingerprint density at radius 2 is 2.12 bits per heavy atom. The highest BCUT2D eigenvalue weighted by molar-refractivity contribution is 7.98. The molecule has 0 aliphatic carbocycles. The first kappa shape index (κ1) is 16.5. The van der Waals surface area contributed by atoms with Gasteiger partial charge in [-0.25, -0.2) is 9.97 Å². The lowest BCUT2D eigenvalue weighted by Crippen LogP contribution is -2.33. The highest BCUT2D eigenvalue weighted by Gasteiger charge is 2.29. The molecule has 1 amide bonds. The molecule has 9 heteroatoms. The van der Waals surface area contributed by atoms with E-state index in [0.717, 1.165) is 34.0 Å². The molecule has 2 aromatic heterocycles. The Morgan fingerprint density at radius 1 is 1.28 bits per heavy atom. The Bertz CT molecular complexity index is 867. The van der Waals surface area contributed by atoms with Gasteiger partial charge in [0.25, 0.3) is 5.91 Å². The van der Waals surface area contributed by atoms with E-state index in [9.17, 15) is 15.0 Å². The molecule has 130 valence electrons. The van der Waals surface area contributed by atoms with E-state index >= 15 is 0 Å². The fraction of sp³-hybridized carbons (Fsp3) is 0.312. The predicted octanol–water partition coefficient (Wildman–Crippen LogP) is 1.84. The number of benzene rings is 1. The van der Waals surface area contributed by atoms with Crippen molar-refractivity contribution in [3.05, 3.63) is 40.7 Å². The average molecular weight is 376 g/mol. The first-order valence-corrected chi connectivity index (χ1v) is 9.77. The molecule has 3 aromatic rings. The summed E-state index contributed by atoms with van der Waals surface area (Å²) in [5.74, 6) is 1.37. The maximum Gasteiger partial charge on any atom is 0.258 e. The van der Waals surface area contributed by atoms with Crippen molar-refractivity contribution in [2.24, 2.45) is 0 Å². The molecule has 0 spiro atoms. The molecule has 7 nitrogen and oxygen atoms in total. The van der Waals surface area contributed by atoms with Gasteiger partial charge >= 0.3 is 0 Å². The lowest BCUT2D eigenvalue weighted by molar-refractivity contribution is -0.130. The summed E-state index contributed by atoms with van der Waals surface area (Å²) >= 11 is 3.25. The van der Waals surface area contributed by atoms with Crippen LogP contribution < -0.4 is 5.32 Å². The zero-order chi connectivity index (χ0) is 17.4. The Balaban J connectivity index is 1.48. The van der Waals surface area contributed by atoms with Gasteiger partial charge in [0.2, 0.25) is 0 Å². The van der Waals surface area contributed by atoms with Gasteiger partial charge in [-0.15, -0.1) is 11.3 Å². The van der Waals surface area contributed by atoms with Crippen LogP contribution in [0, 0.1) is 0 Å². The minimum absolute atomic E-state index is 0.152. The molecule has 2 atom stereocenters. The number of aryl methyl sites for hydroxylation is 1. The summed E-state index contributed by atoms with van der Waals surface area (Å²) in [5, 5.41) is 23.5. The van der Waals surface area contributed by atoms with Gasteiger partial charge in [-0.05, 0) is 24.3 Å². The lowest BCUT2D eigenvalue weighted by Gasteiger charge is -2.14. The topological polar surface area (TPSA) is 111 Å². The van der Waals surface area contributed by atoms with E-state index in [2.05, 4.69) is 20.3 Å². The second-order valence-electron chi connectivity index (χ2n) is 5.71. The Kier molecular flexibility index (Phi) is 4.46. The van der Waals surface area contributed by atoms with E-state index in [4.69, 9.17) is 0 Å². The van der Waals surface area contributed by atoms with Crippen LogP contribution >= 0.6 is 23.1 Å². The molecular formula is C16H16N4O3S2. The predicted molar refractivity (Wildman–Crippen MR) is 97.7 cm³/mol. The summed E-state index contributed by atoms with van der Waals surface area (Å²) in [6.45, 7) is 0. The van der Waals surface area contributed by atoms with Crippen LogP contribution in [0.2, 0.25) is 0 Å².